The van der Waals surface area contributed by atoms with E-state index in [0.29, 0.717) is 6.61 Å². The average molecular weight is 342 g/mol. The minimum atomic E-state index is 0.0541. The Bertz CT molecular complexity index is 425. The van der Waals surface area contributed by atoms with E-state index in [-0.39, 0.29) is 17.7 Å². The molecule has 0 aliphatic carbocycles. The summed E-state index contributed by atoms with van der Waals surface area (Å²) in [6.45, 7) is 8.83. The molecule has 1 aromatic carbocycles. The van der Waals surface area contributed by atoms with Gasteiger partial charge in [0.15, 0.2) is 0 Å². The summed E-state index contributed by atoms with van der Waals surface area (Å²) in [6, 6.07) is 8.34. The molecule has 20 heavy (non-hydrogen) atoms. The molecule has 2 atom stereocenters. The van der Waals surface area contributed by atoms with Gasteiger partial charge in [0.05, 0.1) is 18.8 Å². The SMILES string of the molecule is CC(C)(C)NCC(OC1CCOC1)c1cccc(Br)c1. The first-order valence-electron chi connectivity index (χ1n) is 7.18. The van der Waals surface area contributed by atoms with Crippen LogP contribution in [-0.4, -0.2) is 31.4 Å². The molecule has 112 valence electrons. The monoisotopic (exact) mass is 341 g/mol. The first-order chi connectivity index (χ1) is 9.44. The zero-order valence-corrected chi connectivity index (χ0v) is 14.1. The van der Waals surface area contributed by atoms with E-state index in [0.717, 1.165) is 24.0 Å². The molecule has 0 amide bonds. The van der Waals surface area contributed by atoms with Crippen LogP contribution in [0.3, 0.4) is 0 Å². The van der Waals surface area contributed by atoms with Crippen molar-refractivity contribution in [1.29, 1.82) is 0 Å². The molecule has 1 N–H and O–H groups in total. The lowest BCUT2D eigenvalue weighted by molar-refractivity contribution is -0.0188. The van der Waals surface area contributed by atoms with Crippen LogP contribution in [0.4, 0.5) is 0 Å². The summed E-state index contributed by atoms with van der Waals surface area (Å²) in [5.74, 6) is 0. The molecule has 1 fully saturated rings. The highest BCUT2D eigenvalue weighted by atomic mass is 79.9. The lowest BCUT2D eigenvalue weighted by atomic mass is 10.1. The van der Waals surface area contributed by atoms with Crippen molar-refractivity contribution in [3.8, 4) is 0 Å². The highest BCUT2D eigenvalue weighted by Crippen LogP contribution is 2.25. The van der Waals surface area contributed by atoms with Gasteiger partial charge in [0.25, 0.3) is 0 Å². The molecule has 3 nitrogen and oxygen atoms in total. The molecule has 0 aromatic heterocycles. The minimum absolute atomic E-state index is 0.0541. The van der Waals surface area contributed by atoms with Gasteiger partial charge in [-0.3, -0.25) is 0 Å². The summed E-state index contributed by atoms with van der Waals surface area (Å²) in [6.07, 6.45) is 1.25. The molecule has 0 spiro atoms. The maximum atomic E-state index is 6.24. The number of hydrogen-bond acceptors (Lipinski definition) is 3. The van der Waals surface area contributed by atoms with Crippen molar-refractivity contribution in [1.82, 2.24) is 5.32 Å². The molecule has 2 rings (SSSR count). The van der Waals surface area contributed by atoms with Gasteiger partial charge in [-0.1, -0.05) is 28.1 Å². The Labute approximate surface area is 130 Å². The molecule has 1 heterocycles. The van der Waals surface area contributed by atoms with Crippen LogP contribution < -0.4 is 5.32 Å². The molecule has 1 aromatic rings. The summed E-state index contributed by atoms with van der Waals surface area (Å²) in [5.41, 5.74) is 1.28. The van der Waals surface area contributed by atoms with Gasteiger partial charge in [0.2, 0.25) is 0 Å². The molecule has 1 saturated heterocycles. The summed E-state index contributed by atoms with van der Waals surface area (Å²) in [7, 11) is 0. The van der Waals surface area contributed by atoms with Crippen LogP contribution in [0.1, 0.15) is 38.9 Å². The van der Waals surface area contributed by atoms with Gasteiger partial charge in [0, 0.05) is 23.2 Å². The van der Waals surface area contributed by atoms with Crippen molar-refractivity contribution in [3.63, 3.8) is 0 Å². The second kappa shape index (κ2) is 7.03. The minimum Gasteiger partial charge on any atom is -0.379 e. The lowest BCUT2D eigenvalue weighted by Crippen LogP contribution is -2.39. The highest BCUT2D eigenvalue weighted by Gasteiger charge is 2.23. The van der Waals surface area contributed by atoms with Crippen LogP contribution >= 0.6 is 15.9 Å². The van der Waals surface area contributed by atoms with Crippen molar-refractivity contribution in [3.05, 3.63) is 34.3 Å². The van der Waals surface area contributed by atoms with E-state index in [1.165, 1.54) is 5.56 Å². The van der Waals surface area contributed by atoms with E-state index in [1.807, 2.05) is 6.07 Å². The standard InChI is InChI=1S/C16H24BrNO2/c1-16(2,3)18-10-15(20-14-7-8-19-11-14)12-5-4-6-13(17)9-12/h4-6,9,14-15,18H,7-8,10-11H2,1-3H3. The van der Waals surface area contributed by atoms with Crippen molar-refractivity contribution in [2.45, 2.75) is 44.9 Å². The number of ether oxygens (including phenoxy) is 2. The summed E-state index contributed by atoms with van der Waals surface area (Å²) < 4.78 is 12.7. The second-order valence-corrected chi connectivity index (χ2v) is 7.21. The van der Waals surface area contributed by atoms with Gasteiger partial charge in [-0.2, -0.15) is 0 Å². The Morgan fingerprint density at radius 1 is 1.45 bits per heavy atom. The van der Waals surface area contributed by atoms with Gasteiger partial charge >= 0.3 is 0 Å². The summed E-state index contributed by atoms with van der Waals surface area (Å²) in [4.78, 5) is 0. The lowest BCUT2D eigenvalue weighted by Gasteiger charge is -2.27. The fraction of sp³-hybridized carbons (Fsp3) is 0.625. The molecule has 2 unspecified atom stereocenters. The average Bonchev–Trinajstić information content (AvgIpc) is 2.86. The molecule has 1 aliphatic rings. The van der Waals surface area contributed by atoms with E-state index in [9.17, 15) is 0 Å². The quantitative estimate of drug-likeness (QED) is 0.885. The van der Waals surface area contributed by atoms with Gasteiger partial charge < -0.3 is 14.8 Å². The third kappa shape index (κ3) is 5.17. The van der Waals surface area contributed by atoms with Crippen molar-refractivity contribution in [2.24, 2.45) is 0 Å². The van der Waals surface area contributed by atoms with E-state index in [1.54, 1.807) is 0 Å². The van der Waals surface area contributed by atoms with Crippen LogP contribution in [0.5, 0.6) is 0 Å². The predicted octanol–water partition coefficient (Wildman–Crippen LogP) is 3.68. The van der Waals surface area contributed by atoms with Crippen LogP contribution in [0.25, 0.3) is 0 Å². The Morgan fingerprint density at radius 3 is 2.85 bits per heavy atom. The first kappa shape index (κ1) is 16.0. The summed E-state index contributed by atoms with van der Waals surface area (Å²) >= 11 is 3.53. The second-order valence-electron chi connectivity index (χ2n) is 6.30. The third-order valence-corrected chi connectivity index (χ3v) is 3.78. The molecule has 0 saturated carbocycles. The normalized spacial score (nSPS) is 21.1. The smallest absolute Gasteiger partial charge is 0.0954 e. The third-order valence-electron chi connectivity index (χ3n) is 3.28. The number of rotatable bonds is 5. The maximum absolute atomic E-state index is 6.24. The van der Waals surface area contributed by atoms with Crippen molar-refractivity contribution >= 4 is 15.9 Å². The molecule has 1 aliphatic heterocycles. The Balaban J connectivity index is 2.06. The number of halogens is 1. The Hall–Kier alpha value is -0.420. The van der Waals surface area contributed by atoms with E-state index >= 15 is 0 Å². The largest absolute Gasteiger partial charge is 0.379 e. The zero-order valence-electron chi connectivity index (χ0n) is 12.5. The van der Waals surface area contributed by atoms with Crippen LogP contribution in [0.2, 0.25) is 0 Å². The molecular formula is C16H24BrNO2. The van der Waals surface area contributed by atoms with Gasteiger partial charge in [-0.05, 0) is 44.9 Å². The van der Waals surface area contributed by atoms with Crippen molar-refractivity contribution in [2.75, 3.05) is 19.8 Å². The Morgan fingerprint density at radius 2 is 2.25 bits per heavy atom. The Kier molecular flexibility index (Phi) is 5.61. The van der Waals surface area contributed by atoms with E-state index in [2.05, 4.69) is 60.2 Å². The molecule has 4 heteroatoms. The van der Waals surface area contributed by atoms with Gasteiger partial charge in [-0.25, -0.2) is 0 Å². The van der Waals surface area contributed by atoms with Crippen LogP contribution in [-0.2, 0) is 9.47 Å². The van der Waals surface area contributed by atoms with Gasteiger partial charge in [0.1, 0.15) is 0 Å². The molecule has 0 bridgehead atoms. The number of hydrogen-bond donors (Lipinski definition) is 1. The van der Waals surface area contributed by atoms with Crippen LogP contribution in [0.15, 0.2) is 28.7 Å². The van der Waals surface area contributed by atoms with E-state index < -0.39 is 0 Å². The van der Waals surface area contributed by atoms with E-state index in [4.69, 9.17) is 9.47 Å². The zero-order chi connectivity index (χ0) is 14.6. The predicted molar refractivity (Wildman–Crippen MR) is 84.9 cm³/mol. The number of nitrogens with one attached hydrogen (secondary N) is 1. The van der Waals surface area contributed by atoms with Crippen LogP contribution in [0, 0.1) is 0 Å². The summed E-state index contributed by atoms with van der Waals surface area (Å²) in [5, 5.41) is 3.53. The van der Waals surface area contributed by atoms with Gasteiger partial charge in [-0.15, -0.1) is 0 Å². The number of benzene rings is 1. The fourth-order valence-electron chi connectivity index (χ4n) is 2.20. The first-order valence-corrected chi connectivity index (χ1v) is 7.97. The molecule has 0 radical (unpaired) electrons. The highest BCUT2D eigenvalue weighted by molar-refractivity contribution is 9.10. The fourth-order valence-corrected chi connectivity index (χ4v) is 2.62. The maximum Gasteiger partial charge on any atom is 0.0954 e. The van der Waals surface area contributed by atoms with Crippen molar-refractivity contribution < 1.29 is 9.47 Å². The topological polar surface area (TPSA) is 30.5 Å². The molecular weight excluding hydrogens is 318 g/mol.